The summed E-state index contributed by atoms with van der Waals surface area (Å²) < 4.78 is 5.17. The first-order valence-electron chi connectivity index (χ1n) is 8.80. The van der Waals surface area contributed by atoms with Gasteiger partial charge in [-0.1, -0.05) is 25.5 Å². The van der Waals surface area contributed by atoms with Gasteiger partial charge in [-0.3, -0.25) is 4.79 Å². The number of nitriles is 3. The van der Waals surface area contributed by atoms with Gasteiger partial charge in [0, 0.05) is 18.3 Å². The Bertz CT molecular complexity index is 878. The summed E-state index contributed by atoms with van der Waals surface area (Å²) in [6.45, 7) is 1.93. The van der Waals surface area contributed by atoms with Gasteiger partial charge < -0.3 is 15.2 Å². The molecule has 2 aliphatic rings. The fourth-order valence-corrected chi connectivity index (χ4v) is 4.76. The van der Waals surface area contributed by atoms with E-state index in [1.54, 1.807) is 24.3 Å². The third-order valence-electron chi connectivity index (χ3n) is 6.03. The maximum Gasteiger partial charge on any atom is 0.245 e. The van der Waals surface area contributed by atoms with Gasteiger partial charge in [0.05, 0.1) is 25.3 Å². The molecule has 1 aromatic carbocycles. The molecule has 1 aliphatic heterocycles. The van der Waals surface area contributed by atoms with Crippen molar-refractivity contribution in [1.29, 1.82) is 15.8 Å². The summed E-state index contributed by atoms with van der Waals surface area (Å²) in [6, 6.07) is 12.8. The first kappa shape index (κ1) is 18.7. The highest BCUT2D eigenvalue weighted by atomic mass is 16.5. The molecule has 4 atom stereocenters. The number of nitrogens with zero attached hydrogens (tertiary/aromatic N) is 3. The van der Waals surface area contributed by atoms with E-state index in [0.717, 1.165) is 0 Å². The largest absolute Gasteiger partial charge is 0.497 e. The van der Waals surface area contributed by atoms with Crippen molar-refractivity contribution >= 4 is 5.91 Å². The zero-order valence-electron chi connectivity index (χ0n) is 15.2. The lowest BCUT2D eigenvalue weighted by Crippen LogP contribution is -2.57. The van der Waals surface area contributed by atoms with Crippen LogP contribution in [0.15, 0.2) is 24.3 Å². The summed E-state index contributed by atoms with van der Waals surface area (Å²) in [5.41, 5.74) is -4.86. The van der Waals surface area contributed by atoms with Crippen LogP contribution in [0.3, 0.4) is 0 Å². The smallest absolute Gasteiger partial charge is 0.245 e. The van der Waals surface area contributed by atoms with Gasteiger partial charge in [0.25, 0.3) is 0 Å². The molecule has 0 spiro atoms. The molecule has 2 fully saturated rings. The van der Waals surface area contributed by atoms with E-state index in [1.807, 2.05) is 25.1 Å². The van der Waals surface area contributed by atoms with Gasteiger partial charge in [-0.05, 0) is 24.1 Å². The van der Waals surface area contributed by atoms with Crippen molar-refractivity contribution in [3.63, 3.8) is 0 Å². The van der Waals surface area contributed by atoms with Crippen LogP contribution in [0, 0.1) is 50.7 Å². The number of hydrogen-bond donors (Lipinski definition) is 2. The number of hydrogen-bond acceptors (Lipinski definition) is 6. The van der Waals surface area contributed by atoms with Gasteiger partial charge >= 0.3 is 0 Å². The highest BCUT2D eigenvalue weighted by molar-refractivity contribution is 5.92. The van der Waals surface area contributed by atoms with Crippen LogP contribution in [0.5, 0.6) is 5.75 Å². The monoisotopic (exact) mass is 364 g/mol. The molecule has 1 saturated heterocycles. The lowest BCUT2D eigenvalue weighted by atomic mass is 9.48. The van der Waals surface area contributed by atoms with Crippen LogP contribution in [0.4, 0.5) is 0 Å². The molecule has 0 radical (unpaired) electrons. The molecule has 1 aliphatic carbocycles. The number of ether oxygens (including phenoxy) is 1. The lowest BCUT2D eigenvalue weighted by Gasteiger charge is -2.49. The van der Waals surface area contributed by atoms with E-state index >= 15 is 0 Å². The zero-order valence-corrected chi connectivity index (χ0v) is 15.2. The molecule has 0 unspecified atom stereocenters. The number of aliphatic hydroxyl groups is 1. The van der Waals surface area contributed by atoms with Crippen LogP contribution in [-0.4, -0.2) is 23.8 Å². The van der Waals surface area contributed by atoms with Crippen LogP contribution in [0.1, 0.15) is 37.7 Å². The minimum absolute atomic E-state index is 0.270. The van der Waals surface area contributed by atoms with E-state index in [2.05, 4.69) is 5.32 Å². The Morgan fingerprint density at radius 3 is 2.33 bits per heavy atom. The summed E-state index contributed by atoms with van der Waals surface area (Å²) in [6.07, 6.45) is 0.899. The van der Waals surface area contributed by atoms with Gasteiger partial charge in [-0.15, -0.1) is 0 Å². The molecule has 1 amide bonds. The van der Waals surface area contributed by atoms with Crippen molar-refractivity contribution in [2.45, 2.75) is 37.8 Å². The number of rotatable bonds is 4. The normalized spacial score (nSPS) is 33.3. The number of carbonyl (C=O) groups excluding carboxylic acids is 1. The predicted octanol–water partition coefficient (Wildman–Crippen LogP) is 1.96. The summed E-state index contributed by atoms with van der Waals surface area (Å²) in [4.78, 5) is 12.8. The lowest BCUT2D eigenvalue weighted by molar-refractivity contribution is -0.128. The fourth-order valence-electron chi connectivity index (χ4n) is 4.76. The summed E-state index contributed by atoms with van der Waals surface area (Å²) in [5, 5.41) is 43.7. The Kier molecular flexibility index (Phi) is 4.34. The van der Waals surface area contributed by atoms with Crippen molar-refractivity contribution in [1.82, 2.24) is 5.32 Å². The number of carbonyl (C=O) groups is 1. The molecule has 3 rings (SSSR count). The standard InChI is InChI=1S/C20H20N4O3/c1-3-4-15-16(13-5-7-14(27-2)8-6-13)19(11-22,12-23)18(10-21)9-20(15,26)24-17(18)25/h5-8,15-16,26H,3-4,9H2,1-2H3,(H,24,25)/t15-,16+,18-,20-/m0/s1. The van der Waals surface area contributed by atoms with Gasteiger partial charge in [-0.2, -0.15) is 15.8 Å². The van der Waals surface area contributed by atoms with Crippen molar-refractivity contribution in [2.24, 2.45) is 16.7 Å². The summed E-state index contributed by atoms with van der Waals surface area (Å²) in [5.74, 6) is -1.54. The van der Waals surface area contributed by atoms with E-state index in [9.17, 15) is 25.7 Å². The van der Waals surface area contributed by atoms with Crippen molar-refractivity contribution < 1.29 is 14.6 Å². The highest BCUT2D eigenvalue weighted by Crippen LogP contribution is 2.65. The molecule has 2 N–H and O–H groups in total. The van der Waals surface area contributed by atoms with E-state index in [1.165, 1.54) is 7.11 Å². The zero-order chi connectivity index (χ0) is 19.9. The van der Waals surface area contributed by atoms with Crippen LogP contribution in [0.2, 0.25) is 0 Å². The van der Waals surface area contributed by atoms with E-state index in [0.29, 0.717) is 24.2 Å². The third kappa shape index (κ3) is 2.24. The number of benzene rings is 1. The molecule has 0 aromatic heterocycles. The quantitative estimate of drug-likeness (QED) is 0.840. The van der Waals surface area contributed by atoms with Crippen LogP contribution in [-0.2, 0) is 4.79 Å². The van der Waals surface area contributed by atoms with Gasteiger partial charge in [-0.25, -0.2) is 0 Å². The van der Waals surface area contributed by atoms with E-state index < -0.39 is 34.3 Å². The number of fused-ring (bicyclic) bond motifs is 2. The molecule has 1 aromatic rings. The topological polar surface area (TPSA) is 130 Å². The molecule has 7 nitrogen and oxygen atoms in total. The van der Waals surface area contributed by atoms with Gasteiger partial charge in [0.2, 0.25) is 5.91 Å². The maximum absolute atomic E-state index is 12.8. The van der Waals surface area contributed by atoms with Crippen molar-refractivity contribution in [3.8, 4) is 24.0 Å². The van der Waals surface area contributed by atoms with E-state index in [4.69, 9.17) is 4.74 Å². The molecule has 2 bridgehead atoms. The molecular weight excluding hydrogens is 344 g/mol. The molecular formula is C20H20N4O3. The Balaban J connectivity index is 2.31. The maximum atomic E-state index is 12.8. The van der Waals surface area contributed by atoms with Gasteiger partial charge in [0.1, 0.15) is 11.5 Å². The Labute approximate surface area is 157 Å². The van der Waals surface area contributed by atoms with Crippen LogP contribution >= 0.6 is 0 Å². The first-order chi connectivity index (χ1) is 12.9. The second-order valence-electron chi connectivity index (χ2n) is 7.25. The summed E-state index contributed by atoms with van der Waals surface area (Å²) in [7, 11) is 1.53. The fraction of sp³-hybridized carbons (Fsp3) is 0.500. The first-order valence-corrected chi connectivity index (χ1v) is 8.80. The number of amides is 1. The van der Waals surface area contributed by atoms with Crippen LogP contribution < -0.4 is 10.1 Å². The number of nitrogens with one attached hydrogen (secondary N) is 1. The SMILES string of the molecule is CCC[C@H]1[C@@H](c2ccc(OC)cc2)C(C#N)(C#N)[C@]2(C#N)C[C@@]1(O)NC2=O. The Morgan fingerprint density at radius 1 is 1.22 bits per heavy atom. The highest BCUT2D eigenvalue weighted by Gasteiger charge is 2.76. The van der Waals surface area contributed by atoms with Gasteiger partial charge in [0.15, 0.2) is 10.8 Å². The minimum atomic E-state index is -1.93. The van der Waals surface area contributed by atoms with Crippen LogP contribution in [0.25, 0.3) is 0 Å². The second-order valence-corrected chi connectivity index (χ2v) is 7.25. The Morgan fingerprint density at radius 2 is 1.85 bits per heavy atom. The molecule has 1 saturated carbocycles. The summed E-state index contributed by atoms with van der Waals surface area (Å²) >= 11 is 0. The average molecular weight is 364 g/mol. The third-order valence-corrected chi connectivity index (χ3v) is 6.03. The van der Waals surface area contributed by atoms with E-state index in [-0.39, 0.29) is 6.42 Å². The number of methoxy groups -OCH3 is 1. The van der Waals surface area contributed by atoms with Crippen molar-refractivity contribution in [3.05, 3.63) is 29.8 Å². The molecule has 27 heavy (non-hydrogen) atoms. The predicted molar refractivity (Wildman–Crippen MR) is 93.5 cm³/mol. The molecule has 7 heteroatoms. The molecule has 1 heterocycles. The minimum Gasteiger partial charge on any atom is -0.497 e. The average Bonchev–Trinajstić information content (AvgIpc) is 2.94. The molecule has 138 valence electrons. The van der Waals surface area contributed by atoms with Crippen molar-refractivity contribution in [2.75, 3.05) is 7.11 Å². The second kappa shape index (κ2) is 6.27. The Hall–Kier alpha value is -3.08.